The van der Waals surface area contributed by atoms with Crippen molar-refractivity contribution in [1.29, 1.82) is 0 Å². The summed E-state index contributed by atoms with van der Waals surface area (Å²) < 4.78 is 2.39. The van der Waals surface area contributed by atoms with Gasteiger partial charge in [0.25, 0.3) is 0 Å². The quantitative estimate of drug-likeness (QED) is 0.627. The van der Waals surface area contributed by atoms with E-state index in [-0.39, 0.29) is 0 Å². The fourth-order valence-electron chi connectivity index (χ4n) is 2.84. The predicted molar refractivity (Wildman–Crippen MR) is 87.3 cm³/mol. The van der Waals surface area contributed by atoms with E-state index < -0.39 is 0 Å². The van der Waals surface area contributed by atoms with E-state index in [1.165, 1.54) is 58.1 Å². The maximum absolute atomic E-state index is 3.60. The Morgan fingerprint density at radius 1 is 1.28 bits per heavy atom. The molecule has 102 valence electrons. The highest BCUT2D eigenvalue weighted by Gasteiger charge is 2.20. The summed E-state index contributed by atoms with van der Waals surface area (Å²) in [7, 11) is 2.09. The fraction of sp³-hybridized carbons (Fsp3) is 0.714. The van der Waals surface area contributed by atoms with Gasteiger partial charge in [-0.25, -0.2) is 0 Å². The first-order chi connectivity index (χ1) is 8.70. The third-order valence-corrected chi connectivity index (χ3v) is 7.27. The summed E-state index contributed by atoms with van der Waals surface area (Å²) in [5.74, 6) is 0.907. The average molecular weight is 395 g/mol. The molecule has 0 spiro atoms. The van der Waals surface area contributed by atoms with Crippen molar-refractivity contribution in [3.8, 4) is 0 Å². The van der Waals surface area contributed by atoms with Crippen LogP contribution >= 0.6 is 43.2 Å². The molecular weight excluding hydrogens is 374 g/mol. The first-order valence-corrected chi connectivity index (χ1v) is 9.23. The first kappa shape index (κ1) is 15.0. The zero-order valence-corrected chi connectivity index (χ0v) is 14.8. The van der Waals surface area contributed by atoms with Gasteiger partial charge in [-0.15, -0.1) is 11.3 Å². The lowest BCUT2D eigenvalue weighted by Crippen LogP contribution is -2.19. The second kappa shape index (κ2) is 7.41. The second-order valence-corrected chi connectivity index (χ2v) is 8.46. The summed E-state index contributed by atoms with van der Waals surface area (Å²) >= 11 is 9.03. The first-order valence-electron chi connectivity index (χ1n) is 6.82. The molecule has 0 radical (unpaired) electrons. The van der Waals surface area contributed by atoms with Crippen LogP contribution in [0.5, 0.6) is 0 Å². The van der Waals surface area contributed by atoms with E-state index in [0.29, 0.717) is 6.04 Å². The minimum atomic E-state index is 0.515. The third kappa shape index (κ3) is 4.06. The second-order valence-electron chi connectivity index (χ2n) is 5.20. The maximum Gasteiger partial charge on any atom is 0.0843 e. The topological polar surface area (TPSA) is 12.0 Å². The van der Waals surface area contributed by atoms with E-state index in [1.807, 2.05) is 11.3 Å². The molecule has 0 amide bonds. The molecule has 1 aliphatic rings. The molecule has 1 aromatic rings. The monoisotopic (exact) mass is 393 g/mol. The van der Waals surface area contributed by atoms with Crippen LogP contribution < -0.4 is 5.32 Å². The van der Waals surface area contributed by atoms with Crippen LogP contribution in [0.4, 0.5) is 0 Å². The Morgan fingerprint density at radius 3 is 2.44 bits per heavy atom. The smallest absolute Gasteiger partial charge is 0.0843 e. The van der Waals surface area contributed by atoms with Crippen LogP contribution in [0.25, 0.3) is 0 Å². The summed E-state index contributed by atoms with van der Waals surface area (Å²) in [6.45, 7) is 0. The highest BCUT2D eigenvalue weighted by Crippen LogP contribution is 2.38. The lowest BCUT2D eigenvalue weighted by atomic mass is 9.92. The van der Waals surface area contributed by atoms with Gasteiger partial charge < -0.3 is 5.32 Å². The van der Waals surface area contributed by atoms with Crippen molar-refractivity contribution in [2.45, 2.75) is 51.0 Å². The van der Waals surface area contributed by atoms with Gasteiger partial charge in [0.05, 0.1) is 3.79 Å². The Kier molecular flexibility index (Phi) is 6.19. The van der Waals surface area contributed by atoms with Crippen molar-refractivity contribution < 1.29 is 0 Å². The SMILES string of the molecule is CNC(CC1CCCCCC1)c1cc(Br)c(Br)s1. The Balaban J connectivity index is 1.99. The van der Waals surface area contributed by atoms with Gasteiger partial charge in [-0.05, 0) is 57.3 Å². The normalized spacial score (nSPS) is 19.7. The molecule has 1 fully saturated rings. The molecule has 1 aliphatic carbocycles. The molecule has 1 aromatic heterocycles. The van der Waals surface area contributed by atoms with Gasteiger partial charge in [0, 0.05) is 15.4 Å². The molecule has 4 heteroatoms. The minimum absolute atomic E-state index is 0.515. The summed E-state index contributed by atoms with van der Waals surface area (Å²) in [6, 6.07) is 2.77. The minimum Gasteiger partial charge on any atom is -0.312 e. The Labute approximate surface area is 131 Å². The van der Waals surface area contributed by atoms with Crippen molar-refractivity contribution in [3.05, 3.63) is 19.2 Å². The maximum atomic E-state index is 3.60. The van der Waals surface area contributed by atoms with Crippen LogP contribution in [-0.4, -0.2) is 7.05 Å². The molecule has 18 heavy (non-hydrogen) atoms. The average Bonchev–Trinajstić information content (AvgIpc) is 2.59. The summed E-state index contributed by atoms with van der Waals surface area (Å²) in [5, 5.41) is 3.50. The largest absolute Gasteiger partial charge is 0.312 e. The summed E-state index contributed by atoms with van der Waals surface area (Å²) in [4.78, 5) is 1.44. The summed E-state index contributed by atoms with van der Waals surface area (Å²) in [6.07, 6.45) is 9.87. The van der Waals surface area contributed by atoms with Gasteiger partial charge in [-0.2, -0.15) is 0 Å². The van der Waals surface area contributed by atoms with E-state index in [1.54, 1.807) is 0 Å². The number of hydrogen-bond donors (Lipinski definition) is 1. The molecule has 1 N–H and O–H groups in total. The lowest BCUT2D eigenvalue weighted by molar-refractivity contribution is 0.370. The van der Waals surface area contributed by atoms with Crippen molar-refractivity contribution in [2.24, 2.45) is 5.92 Å². The lowest BCUT2D eigenvalue weighted by Gasteiger charge is -2.21. The molecule has 2 rings (SSSR count). The number of hydrogen-bond acceptors (Lipinski definition) is 2. The molecule has 1 unspecified atom stereocenters. The van der Waals surface area contributed by atoms with Gasteiger partial charge >= 0.3 is 0 Å². The van der Waals surface area contributed by atoms with Gasteiger partial charge in [0.1, 0.15) is 0 Å². The standard InChI is InChI=1S/C14H21Br2NS/c1-17-12(13-9-11(15)14(16)18-13)8-10-6-4-2-3-5-7-10/h9-10,12,17H,2-8H2,1H3. The van der Waals surface area contributed by atoms with Crippen LogP contribution in [0.1, 0.15) is 55.9 Å². The van der Waals surface area contributed by atoms with Crippen molar-refractivity contribution in [2.75, 3.05) is 7.05 Å². The van der Waals surface area contributed by atoms with Crippen LogP contribution in [0.15, 0.2) is 14.3 Å². The molecule has 0 saturated heterocycles. The van der Waals surface area contributed by atoms with Gasteiger partial charge in [-0.3, -0.25) is 0 Å². The van der Waals surface area contributed by atoms with E-state index in [4.69, 9.17) is 0 Å². The highest BCUT2D eigenvalue weighted by molar-refractivity contribution is 9.13. The predicted octanol–water partition coefficient (Wildman–Crippen LogP) is 5.89. The Bertz CT molecular complexity index is 350. The van der Waals surface area contributed by atoms with Crippen LogP contribution in [0.3, 0.4) is 0 Å². The van der Waals surface area contributed by atoms with Crippen molar-refractivity contribution >= 4 is 43.2 Å². The van der Waals surface area contributed by atoms with E-state index in [9.17, 15) is 0 Å². The number of nitrogens with one attached hydrogen (secondary N) is 1. The van der Waals surface area contributed by atoms with Gasteiger partial charge in [0.15, 0.2) is 0 Å². The Hall–Kier alpha value is 0.620. The molecule has 1 atom stereocenters. The number of halogens is 2. The summed E-state index contributed by atoms with van der Waals surface area (Å²) in [5.41, 5.74) is 0. The third-order valence-electron chi connectivity index (χ3n) is 3.90. The van der Waals surface area contributed by atoms with Gasteiger partial charge in [-0.1, -0.05) is 38.5 Å². The fourth-order valence-corrected chi connectivity index (χ4v) is 5.06. The van der Waals surface area contributed by atoms with E-state index >= 15 is 0 Å². The van der Waals surface area contributed by atoms with Gasteiger partial charge in [0.2, 0.25) is 0 Å². The molecule has 0 bridgehead atoms. The van der Waals surface area contributed by atoms with Crippen LogP contribution in [0, 0.1) is 5.92 Å². The Morgan fingerprint density at radius 2 is 1.94 bits per heavy atom. The van der Waals surface area contributed by atoms with E-state index in [0.717, 1.165) is 5.92 Å². The zero-order chi connectivity index (χ0) is 13.0. The molecule has 0 aliphatic heterocycles. The van der Waals surface area contributed by atoms with E-state index in [2.05, 4.69) is 50.3 Å². The molecule has 1 saturated carbocycles. The molecular formula is C14H21Br2NS. The number of rotatable bonds is 4. The number of thiophene rings is 1. The van der Waals surface area contributed by atoms with Crippen LogP contribution in [0.2, 0.25) is 0 Å². The molecule has 1 heterocycles. The molecule has 1 nitrogen and oxygen atoms in total. The zero-order valence-electron chi connectivity index (χ0n) is 10.8. The van der Waals surface area contributed by atoms with Crippen molar-refractivity contribution in [1.82, 2.24) is 5.32 Å². The van der Waals surface area contributed by atoms with Crippen LogP contribution in [-0.2, 0) is 0 Å². The van der Waals surface area contributed by atoms with Crippen molar-refractivity contribution in [3.63, 3.8) is 0 Å². The highest BCUT2D eigenvalue weighted by atomic mass is 79.9. The molecule has 0 aromatic carbocycles.